The fourth-order valence-electron chi connectivity index (χ4n) is 2.76. The summed E-state index contributed by atoms with van der Waals surface area (Å²) in [5, 5.41) is 2.86. The number of carbonyl (C=O) groups excluding carboxylic acids is 1. The molecule has 0 fully saturated rings. The van der Waals surface area contributed by atoms with Gasteiger partial charge in [0.1, 0.15) is 10.4 Å². The van der Waals surface area contributed by atoms with Crippen molar-refractivity contribution in [2.45, 2.75) is 19.3 Å². The minimum Gasteiger partial charge on any atom is -0.321 e. The van der Waals surface area contributed by atoms with Gasteiger partial charge in [-0.05, 0) is 54.1 Å². The first-order chi connectivity index (χ1) is 10.7. The topological polar surface area (TPSA) is 87.7 Å². The number of nitrogens with zero attached hydrogens (tertiary/aromatic N) is 2. The van der Waals surface area contributed by atoms with Crippen LogP contribution in [0, 0.1) is 0 Å². The highest BCUT2D eigenvalue weighted by atomic mass is 32.1. The zero-order valence-corrected chi connectivity index (χ0v) is 12.4. The molecule has 1 amide bonds. The van der Waals surface area contributed by atoms with Crippen LogP contribution >= 0.6 is 11.5 Å². The normalized spacial score (nSPS) is 13.3. The molecule has 1 aliphatic carbocycles. The van der Waals surface area contributed by atoms with E-state index in [2.05, 4.69) is 25.7 Å². The van der Waals surface area contributed by atoms with Gasteiger partial charge in [0.15, 0.2) is 5.52 Å². The second-order valence-electron chi connectivity index (χ2n) is 5.23. The Kier molecular flexibility index (Phi) is 3.00. The molecule has 0 bridgehead atoms. The lowest BCUT2D eigenvalue weighted by atomic mass is 10.1. The Bertz CT molecular complexity index is 944. The molecule has 0 aliphatic heterocycles. The second-order valence-corrected chi connectivity index (χ2v) is 6.01. The molecule has 2 aromatic heterocycles. The average Bonchev–Trinajstić information content (AvgIpc) is 3.13. The van der Waals surface area contributed by atoms with Crippen molar-refractivity contribution in [3.8, 4) is 0 Å². The molecule has 110 valence electrons. The van der Waals surface area contributed by atoms with Crippen molar-refractivity contribution < 1.29 is 4.79 Å². The van der Waals surface area contributed by atoms with E-state index in [9.17, 15) is 9.59 Å². The Morgan fingerprint density at radius 3 is 3.00 bits per heavy atom. The van der Waals surface area contributed by atoms with E-state index in [0.717, 1.165) is 30.1 Å². The molecule has 2 N–H and O–H groups in total. The van der Waals surface area contributed by atoms with Gasteiger partial charge in [0.2, 0.25) is 0 Å². The molecule has 0 atom stereocenters. The standard InChI is InChI=1S/C15H12N4O2S/c20-14-12-11(16-7-17-14)13(22-19-12)15(21)18-10-5-4-8-2-1-3-9(8)6-10/h4-7H,1-3H2,(H,18,21)(H,16,17,20). The van der Waals surface area contributed by atoms with Crippen molar-refractivity contribution in [3.63, 3.8) is 0 Å². The predicted molar refractivity (Wildman–Crippen MR) is 84.5 cm³/mol. The predicted octanol–water partition coefficient (Wildman–Crippen LogP) is 2.12. The summed E-state index contributed by atoms with van der Waals surface area (Å²) < 4.78 is 4.01. The van der Waals surface area contributed by atoms with Gasteiger partial charge in [-0.1, -0.05) is 6.07 Å². The highest BCUT2D eigenvalue weighted by Crippen LogP contribution is 2.26. The molecule has 0 saturated carbocycles. The summed E-state index contributed by atoms with van der Waals surface area (Å²) in [6.07, 6.45) is 4.61. The Hall–Kier alpha value is -2.54. The largest absolute Gasteiger partial charge is 0.321 e. The molecular formula is C15H12N4O2S. The average molecular weight is 312 g/mol. The number of fused-ring (bicyclic) bond motifs is 2. The van der Waals surface area contributed by atoms with Crippen molar-refractivity contribution in [2.75, 3.05) is 5.32 Å². The fourth-order valence-corrected chi connectivity index (χ4v) is 3.49. The van der Waals surface area contributed by atoms with Crippen molar-refractivity contribution in [1.29, 1.82) is 0 Å². The fraction of sp³-hybridized carbons (Fsp3) is 0.200. The summed E-state index contributed by atoms with van der Waals surface area (Å²) in [5.41, 5.74) is 3.62. The van der Waals surface area contributed by atoms with E-state index in [4.69, 9.17) is 0 Å². The lowest BCUT2D eigenvalue weighted by Crippen LogP contribution is -2.12. The molecule has 0 radical (unpaired) electrons. The van der Waals surface area contributed by atoms with Crippen LogP contribution < -0.4 is 10.9 Å². The van der Waals surface area contributed by atoms with E-state index in [0.29, 0.717) is 10.4 Å². The van der Waals surface area contributed by atoms with Gasteiger partial charge in [0.05, 0.1) is 6.33 Å². The maximum absolute atomic E-state index is 12.4. The van der Waals surface area contributed by atoms with Crippen LogP contribution in [0.1, 0.15) is 27.2 Å². The summed E-state index contributed by atoms with van der Waals surface area (Å²) in [5.74, 6) is -0.288. The lowest BCUT2D eigenvalue weighted by molar-refractivity contribution is 0.103. The Balaban J connectivity index is 1.66. The third-order valence-electron chi connectivity index (χ3n) is 3.83. The molecule has 0 spiro atoms. The number of H-pyrrole nitrogens is 1. The number of aromatic amines is 1. The summed E-state index contributed by atoms with van der Waals surface area (Å²) in [4.78, 5) is 30.9. The zero-order valence-electron chi connectivity index (χ0n) is 11.5. The van der Waals surface area contributed by atoms with Crippen LogP contribution in [0.2, 0.25) is 0 Å². The van der Waals surface area contributed by atoms with Gasteiger partial charge in [-0.25, -0.2) is 4.98 Å². The van der Waals surface area contributed by atoms with Gasteiger partial charge < -0.3 is 10.3 Å². The minimum atomic E-state index is -0.335. The summed E-state index contributed by atoms with van der Waals surface area (Å²) in [7, 11) is 0. The van der Waals surface area contributed by atoms with Gasteiger partial charge in [0.25, 0.3) is 11.5 Å². The van der Waals surface area contributed by atoms with E-state index in [1.165, 1.54) is 23.9 Å². The molecule has 2 heterocycles. The SMILES string of the molecule is O=C(Nc1ccc2c(c1)CCC2)c1snc2c(=O)[nH]cnc12. The summed E-state index contributed by atoms with van der Waals surface area (Å²) in [6, 6.07) is 5.99. The zero-order chi connectivity index (χ0) is 15.1. The quantitative estimate of drug-likeness (QED) is 0.758. The van der Waals surface area contributed by atoms with Crippen LogP contribution in [0.25, 0.3) is 11.0 Å². The molecule has 22 heavy (non-hydrogen) atoms. The molecule has 4 rings (SSSR count). The molecule has 1 aromatic carbocycles. The van der Waals surface area contributed by atoms with E-state index in [-0.39, 0.29) is 17.0 Å². The van der Waals surface area contributed by atoms with Crippen molar-refractivity contribution in [2.24, 2.45) is 0 Å². The van der Waals surface area contributed by atoms with Crippen LogP contribution in [0.15, 0.2) is 29.3 Å². The van der Waals surface area contributed by atoms with Gasteiger partial charge in [-0.3, -0.25) is 9.59 Å². The second kappa shape index (κ2) is 5.03. The van der Waals surface area contributed by atoms with Gasteiger partial charge in [0, 0.05) is 5.69 Å². The third-order valence-corrected chi connectivity index (χ3v) is 4.67. The van der Waals surface area contributed by atoms with Gasteiger partial charge in [-0.15, -0.1) is 0 Å². The minimum absolute atomic E-state index is 0.201. The number of aromatic nitrogens is 3. The molecule has 6 nitrogen and oxygen atoms in total. The highest BCUT2D eigenvalue weighted by molar-refractivity contribution is 7.09. The van der Waals surface area contributed by atoms with E-state index >= 15 is 0 Å². The summed E-state index contributed by atoms with van der Waals surface area (Å²) in [6.45, 7) is 0. The lowest BCUT2D eigenvalue weighted by Gasteiger charge is -2.06. The number of anilines is 1. The number of hydrogen-bond acceptors (Lipinski definition) is 5. The van der Waals surface area contributed by atoms with Gasteiger partial charge in [-0.2, -0.15) is 4.37 Å². The van der Waals surface area contributed by atoms with Gasteiger partial charge >= 0.3 is 0 Å². The third kappa shape index (κ3) is 2.10. The highest BCUT2D eigenvalue weighted by Gasteiger charge is 2.18. The number of benzene rings is 1. The number of carbonyl (C=O) groups is 1. The molecular weight excluding hydrogens is 300 g/mol. The molecule has 7 heteroatoms. The Morgan fingerprint density at radius 2 is 2.09 bits per heavy atom. The Labute approximate surface area is 129 Å². The van der Waals surface area contributed by atoms with Crippen molar-refractivity contribution in [1.82, 2.24) is 14.3 Å². The number of amides is 1. The maximum atomic E-state index is 12.4. The first-order valence-electron chi connectivity index (χ1n) is 6.98. The molecule has 0 saturated heterocycles. The van der Waals surface area contributed by atoms with Crippen molar-refractivity contribution >= 4 is 34.2 Å². The van der Waals surface area contributed by atoms with Crippen LogP contribution in [-0.2, 0) is 12.8 Å². The van der Waals surface area contributed by atoms with Crippen LogP contribution in [0.3, 0.4) is 0 Å². The first kappa shape index (κ1) is 13.1. The monoisotopic (exact) mass is 312 g/mol. The van der Waals surface area contributed by atoms with Crippen molar-refractivity contribution in [3.05, 3.63) is 50.9 Å². The molecule has 1 aliphatic rings. The molecule has 3 aromatic rings. The molecule has 0 unspecified atom stereocenters. The van der Waals surface area contributed by atoms with Crippen LogP contribution in [-0.4, -0.2) is 20.2 Å². The number of nitrogens with one attached hydrogen (secondary N) is 2. The smallest absolute Gasteiger partial charge is 0.278 e. The van der Waals surface area contributed by atoms with E-state index in [1.807, 2.05) is 12.1 Å². The number of rotatable bonds is 2. The number of hydrogen-bond donors (Lipinski definition) is 2. The van der Waals surface area contributed by atoms with Crippen LogP contribution in [0.4, 0.5) is 5.69 Å². The number of aryl methyl sites for hydroxylation is 2. The van der Waals surface area contributed by atoms with E-state index < -0.39 is 0 Å². The Morgan fingerprint density at radius 1 is 1.23 bits per heavy atom. The maximum Gasteiger partial charge on any atom is 0.278 e. The summed E-state index contributed by atoms with van der Waals surface area (Å²) >= 11 is 0.985. The van der Waals surface area contributed by atoms with Crippen LogP contribution in [0.5, 0.6) is 0 Å². The first-order valence-corrected chi connectivity index (χ1v) is 7.76. The van der Waals surface area contributed by atoms with E-state index in [1.54, 1.807) is 0 Å².